The van der Waals surface area contributed by atoms with Crippen LogP contribution in [-0.2, 0) is 19.1 Å². The lowest BCUT2D eigenvalue weighted by molar-refractivity contribution is -0.137. The van der Waals surface area contributed by atoms with E-state index in [1.165, 1.54) is 7.11 Å². The van der Waals surface area contributed by atoms with E-state index in [9.17, 15) is 14.4 Å². The Balaban J connectivity index is 1.53. The number of nitrogens with one attached hydrogen (secondary N) is 2. The van der Waals surface area contributed by atoms with Crippen LogP contribution < -0.4 is 10.6 Å². The summed E-state index contributed by atoms with van der Waals surface area (Å²) in [4.78, 5) is 36.0. The van der Waals surface area contributed by atoms with Crippen LogP contribution in [0.3, 0.4) is 0 Å². The van der Waals surface area contributed by atoms with Gasteiger partial charge in [0, 0.05) is 39.0 Å². The van der Waals surface area contributed by atoms with Crippen LogP contribution in [0.15, 0.2) is 48.5 Å². The van der Waals surface area contributed by atoms with E-state index in [0.717, 1.165) is 22.3 Å². The summed E-state index contributed by atoms with van der Waals surface area (Å²) in [5.41, 5.74) is 4.53. The van der Waals surface area contributed by atoms with Crippen molar-refractivity contribution in [3.63, 3.8) is 0 Å². The van der Waals surface area contributed by atoms with Crippen molar-refractivity contribution in [2.75, 3.05) is 26.9 Å². The third-order valence-corrected chi connectivity index (χ3v) is 6.35. The monoisotopic (exact) mass is 482 g/mol. The van der Waals surface area contributed by atoms with E-state index in [2.05, 4.69) is 22.8 Å². The maximum Gasteiger partial charge on any atom is 0.407 e. The summed E-state index contributed by atoms with van der Waals surface area (Å²) in [5.74, 6) is -1.04. The number of rotatable bonds is 13. The lowest BCUT2D eigenvalue weighted by Gasteiger charge is -2.20. The molecule has 1 aliphatic rings. The lowest BCUT2D eigenvalue weighted by Crippen LogP contribution is -2.48. The van der Waals surface area contributed by atoms with E-state index in [0.29, 0.717) is 32.4 Å². The van der Waals surface area contributed by atoms with Crippen LogP contribution in [0.25, 0.3) is 11.1 Å². The van der Waals surface area contributed by atoms with Gasteiger partial charge in [-0.25, -0.2) is 4.79 Å². The van der Waals surface area contributed by atoms with Crippen LogP contribution in [0.1, 0.15) is 49.7 Å². The smallest absolute Gasteiger partial charge is 0.407 e. The van der Waals surface area contributed by atoms with Gasteiger partial charge in [-0.15, -0.1) is 0 Å². The number of ether oxygens (including phenoxy) is 2. The molecule has 0 aliphatic heterocycles. The molecule has 0 fully saturated rings. The highest BCUT2D eigenvalue weighted by atomic mass is 16.5. The van der Waals surface area contributed by atoms with Gasteiger partial charge in [-0.1, -0.05) is 55.5 Å². The van der Waals surface area contributed by atoms with Gasteiger partial charge < -0.3 is 25.2 Å². The van der Waals surface area contributed by atoms with E-state index in [1.807, 2.05) is 43.3 Å². The number of methoxy groups -OCH3 is 1. The topological polar surface area (TPSA) is 114 Å². The predicted octanol–water partition coefficient (Wildman–Crippen LogP) is 3.94. The summed E-state index contributed by atoms with van der Waals surface area (Å²) < 4.78 is 10.7. The third-order valence-electron chi connectivity index (χ3n) is 6.35. The van der Waals surface area contributed by atoms with Crippen molar-refractivity contribution in [2.24, 2.45) is 5.92 Å². The quantitative estimate of drug-likeness (QED) is 0.399. The first kappa shape index (κ1) is 26.2. The number of alkyl carbamates (subject to hydrolysis) is 1. The molecule has 8 nitrogen and oxygen atoms in total. The highest BCUT2D eigenvalue weighted by Gasteiger charge is 2.29. The maximum absolute atomic E-state index is 12.7. The fourth-order valence-corrected chi connectivity index (χ4v) is 4.37. The number of carboxylic acids is 1. The van der Waals surface area contributed by atoms with Crippen molar-refractivity contribution in [3.8, 4) is 11.1 Å². The zero-order valence-corrected chi connectivity index (χ0v) is 20.3. The molecule has 0 radical (unpaired) electrons. The summed E-state index contributed by atoms with van der Waals surface area (Å²) in [6.07, 6.45) is 0.964. The number of carbonyl (C=O) groups excluding carboxylic acids is 2. The number of aliphatic carboxylic acids is 1. The van der Waals surface area contributed by atoms with E-state index in [-0.39, 0.29) is 30.8 Å². The van der Waals surface area contributed by atoms with Crippen LogP contribution in [0.2, 0.25) is 0 Å². The van der Waals surface area contributed by atoms with E-state index in [4.69, 9.17) is 14.6 Å². The van der Waals surface area contributed by atoms with Crippen molar-refractivity contribution in [1.82, 2.24) is 10.6 Å². The molecule has 0 bridgehead atoms. The Morgan fingerprint density at radius 3 is 2.20 bits per heavy atom. The van der Waals surface area contributed by atoms with Crippen LogP contribution >= 0.6 is 0 Å². The molecule has 188 valence electrons. The molecule has 1 aliphatic carbocycles. The molecule has 0 saturated carbocycles. The molecule has 3 N–H and O–H groups in total. The number of fused-ring (bicyclic) bond motifs is 3. The second kappa shape index (κ2) is 12.9. The Kier molecular flexibility index (Phi) is 9.66. The Morgan fingerprint density at radius 2 is 1.60 bits per heavy atom. The van der Waals surface area contributed by atoms with Crippen molar-refractivity contribution >= 4 is 18.0 Å². The van der Waals surface area contributed by atoms with Crippen molar-refractivity contribution in [2.45, 2.75) is 44.6 Å². The maximum atomic E-state index is 12.7. The van der Waals surface area contributed by atoms with Gasteiger partial charge in [0.25, 0.3) is 0 Å². The molecule has 0 heterocycles. The van der Waals surface area contributed by atoms with E-state index in [1.54, 1.807) is 0 Å². The van der Waals surface area contributed by atoms with Gasteiger partial charge in [0.1, 0.15) is 12.6 Å². The summed E-state index contributed by atoms with van der Waals surface area (Å²) in [6, 6.07) is 15.4. The molecular weight excluding hydrogens is 448 g/mol. The molecule has 8 heteroatoms. The van der Waals surface area contributed by atoms with Crippen LogP contribution in [-0.4, -0.2) is 56.0 Å². The first-order chi connectivity index (χ1) is 16.9. The zero-order chi connectivity index (χ0) is 25.2. The highest BCUT2D eigenvalue weighted by Crippen LogP contribution is 2.44. The van der Waals surface area contributed by atoms with Crippen LogP contribution in [0, 0.1) is 5.92 Å². The molecule has 0 spiro atoms. The number of carbonyl (C=O) groups is 3. The molecular formula is C27H34N2O6. The highest BCUT2D eigenvalue weighted by molar-refractivity contribution is 5.85. The average Bonchev–Trinajstić information content (AvgIpc) is 3.17. The molecule has 3 rings (SSSR count). The Hall–Kier alpha value is -3.39. The second-order valence-corrected chi connectivity index (χ2v) is 8.92. The first-order valence-corrected chi connectivity index (χ1v) is 12.0. The van der Waals surface area contributed by atoms with E-state index >= 15 is 0 Å². The van der Waals surface area contributed by atoms with Gasteiger partial charge >= 0.3 is 12.1 Å². The standard InChI is InChI=1S/C27H34N2O6/c1-18(11-12-25(30)31)13-15-28-26(32)24(14-16-34-2)29-27(33)35-17-23-21-9-5-3-7-19(21)20-8-4-6-10-22(20)23/h3-10,18,23-24H,11-17H2,1-2H3,(H,28,32)(H,29,33)(H,30,31). The van der Waals surface area contributed by atoms with Crippen LogP contribution in [0.4, 0.5) is 4.79 Å². The van der Waals surface area contributed by atoms with Crippen molar-refractivity contribution in [1.29, 1.82) is 0 Å². The molecule has 0 aromatic heterocycles. The molecule has 2 unspecified atom stereocenters. The molecule has 35 heavy (non-hydrogen) atoms. The average molecular weight is 483 g/mol. The third kappa shape index (κ3) is 7.29. The largest absolute Gasteiger partial charge is 0.481 e. The molecule has 2 amide bonds. The Labute approximate surface area is 206 Å². The van der Waals surface area contributed by atoms with Crippen molar-refractivity contribution < 1.29 is 29.0 Å². The van der Waals surface area contributed by atoms with Gasteiger partial charge in [0.15, 0.2) is 0 Å². The summed E-state index contributed by atoms with van der Waals surface area (Å²) >= 11 is 0. The molecule has 0 saturated heterocycles. The fraction of sp³-hybridized carbons (Fsp3) is 0.444. The summed E-state index contributed by atoms with van der Waals surface area (Å²) in [5, 5.41) is 14.3. The normalized spacial score (nSPS) is 13.9. The lowest BCUT2D eigenvalue weighted by atomic mass is 9.98. The van der Waals surface area contributed by atoms with Gasteiger partial charge in [-0.3, -0.25) is 9.59 Å². The van der Waals surface area contributed by atoms with Gasteiger partial charge in [0.05, 0.1) is 0 Å². The first-order valence-electron chi connectivity index (χ1n) is 12.0. The van der Waals surface area contributed by atoms with Gasteiger partial charge in [-0.2, -0.15) is 0 Å². The minimum atomic E-state index is -0.826. The SMILES string of the molecule is COCCC(NC(=O)OCC1c2ccccc2-c2ccccc21)C(=O)NCCC(C)CCC(=O)O. The second-order valence-electron chi connectivity index (χ2n) is 8.92. The Bertz CT molecular complexity index is 979. The number of benzene rings is 2. The van der Waals surface area contributed by atoms with Crippen molar-refractivity contribution in [3.05, 3.63) is 59.7 Å². The molecule has 2 atom stereocenters. The predicted molar refractivity (Wildman–Crippen MR) is 132 cm³/mol. The minimum Gasteiger partial charge on any atom is -0.481 e. The number of hydrogen-bond donors (Lipinski definition) is 3. The number of hydrogen-bond acceptors (Lipinski definition) is 5. The van der Waals surface area contributed by atoms with E-state index < -0.39 is 18.1 Å². The number of amides is 2. The molecule has 2 aromatic carbocycles. The molecule has 2 aromatic rings. The van der Waals surface area contributed by atoms with Crippen LogP contribution in [0.5, 0.6) is 0 Å². The minimum absolute atomic E-state index is 0.0632. The van der Waals surface area contributed by atoms with Gasteiger partial charge in [-0.05, 0) is 41.0 Å². The summed E-state index contributed by atoms with van der Waals surface area (Å²) in [6.45, 7) is 2.82. The Morgan fingerprint density at radius 1 is 0.971 bits per heavy atom. The van der Waals surface area contributed by atoms with Gasteiger partial charge in [0.2, 0.25) is 5.91 Å². The fourth-order valence-electron chi connectivity index (χ4n) is 4.37. The summed E-state index contributed by atoms with van der Waals surface area (Å²) in [7, 11) is 1.53. The zero-order valence-electron chi connectivity index (χ0n) is 20.3. The number of carboxylic acid groups (broad SMARTS) is 1.